The van der Waals surface area contributed by atoms with Gasteiger partial charge in [0.1, 0.15) is 0 Å². The highest BCUT2D eigenvalue weighted by Gasteiger charge is 2.57. The van der Waals surface area contributed by atoms with Crippen molar-refractivity contribution in [3.8, 4) is 0 Å². The normalized spacial score (nSPS) is 14.8. The smallest absolute Gasteiger partial charge is 0.417 e. The summed E-state index contributed by atoms with van der Waals surface area (Å²) in [5.74, 6) is -3.37. The minimum atomic E-state index is -5.11. The fourth-order valence-corrected chi connectivity index (χ4v) is 0.736. The molecule has 0 aliphatic carbocycles. The van der Waals surface area contributed by atoms with E-state index in [4.69, 9.17) is 5.11 Å². The minimum absolute atomic E-state index is 0.354. The van der Waals surface area contributed by atoms with Crippen molar-refractivity contribution in [3.05, 3.63) is 0 Å². The molecule has 0 saturated carbocycles. The van der Waals surface area contributed by atoms with E-state index in [9.17, 15) is 27.6 Å². The summed E-state index contributed by atoms with van der Waals surface area (Å²) in [5, 5.41) is 11.4. The van der Waals surface area contributed by atoms with E-state index in [2.05, 4.69) is 5.73 Å². The van der Waals surface area contributed by atoms with Crippen LogP contribution in [0.25, 0.3) is 0 Å². The van der Waals surface area contributed by atoms with Crippen LogP contribution < -0.4 is 16.4 Å². The van der Waals surface area contributed by atoms with Crippen LogP contribution in [-0.4, -0.2) is 41.3 Å². The number of urea groups is 1. The molecule has 0 radical (unpaired) electrons. The fourth-order valence-electron chi connectivity index (χ4n) is 0.736. The molecule has 0 spiro atoms. The number of nitrogens with two attached hydrogens (primary N) is 1. The van der Waals surface area contributed by atoms with Gasteiger partial charge in [0, 0.05) is 0 Å². The number of rotatable bonds is 4. The Morgan fingerprint density at radius 3 is 2.06 bits per heavy atom. The van der Waals surface area contributed by atoms with Crippen molar-refractivity contribution in [2.24, 2.45) is 5.73 Å². The Morgan fingerprint density at radius 1 is 1.29 bits per heavy atom. The van der Waals surface area contributed by atoms with Gasteiger partial charge in [0.2, 0.25) is 11.4 Å². The molecule has 0 saturated heterocycles. The predicted octanol–water partition coefficient (Wildman–Crippen LogP) is -0.823. The first-order valence-electron chi connectivity index (χ1n) is 4.15. The number of carboxylic acid groups (broad SMARTS) is 1. The Hall–Kier alpha value is -1.84. The molecule has 0 rings (SSSR count). The van der Waals surface area contributed by atoms with Crippen LogP contribution in [-0.2, 0) is 9.59 Å². The zero-order chi connectivity index (χ0) is 13.9. The van der Waals surface area contributed by atoms with E-state index in [0.29, 0.717) is 6.92 Å². The van der Waals surface area contributed by atoms with Crippen LogP contribution >= 0.6 is 0 Å². The molecular weight excluding hydrogens is 247 g/mol. The minimum Gasteiger partial charge on any atom is -0.480 e. The van der Waals surface area contributed by atoms with Gasteiger partial charge in [-0.1, -0.05) is 0 Å². The van der Waals surface area contributed by atoms with Crippen molar-refractivity contribution in [1.29, 1.82) is 0 Å². The molecule has 10 heteroatoms. The summed E-state index contributed by atoms with van der Waals surface area (Å²) in [6, 6.07) is -1.25. The molecule has 98 valence electrons. The van der Waals surface area contributed by atoms with E-state index in [1.165, 1.54) is 10.6 Å². The van der Waals surface area contributed by atoms with E-state index in [1.54, 1.807) is 0 Å². The average Bonchev–Trinajstić information content (AvgIpc) is 2.10. The van der Waals surface area contributed by atoms with Crippen LogP contribution in [0.5, 0.6) is 0 Å². The molecule has 0 aromatic carbocycles. The van der Waals surface area contributed by atoms with Gasteiger partial charge in [0.25, 0.3) is 0 Å². The molecule has 17 heavy (non-hydrogen) atoms. The molecule has 7 nitrogen and oxygen atoms in total. The number of hydrogen-bond acceptors (Lipinski definition) is 4. The number of amides is 3. The fraction of sp³-hybridized carbons (Fsp3) is 0.571. The third-order valence-electron chi connectivity index (χ3n) is 1.86. The van der Waals surface area contributed by atoms with E-state index in [0.717, 1.165) is 0 Å². The van der Waals surface area contributed by atoms with Crippen LogP contribution in [0, 0.1) is 0 Å². The third-order valence-corrected chi connectivity index (χ3v) is 1.86. The van der Waals surface area contributed by atoms with Gasteiger partial charge in [-0.05, 0) is 6.92 Å². The summed E-state index contributed by atoms with van der Waals surface area (Å²) in [6.45, 7) is -0.669. The largest absolute Gasteiger partial charge is 0.480 e. The highest BCUT2D eigenvalue weighted by Crippen LogP contribution is 2.30. The maximum atomic E-state index is 12.4. The number of nitrogens with one attached hydrogen (secondary N) is 2. The zero-order valence-electron chi connectivity index (χ0n) is 8.59. The number of alkyl halides is 3. The summed E-state index contributed by atoms with van der Waals surface area (Å²) in [4.78, 5) is 31.5. The van der Waals surface area contributed by atoms with Gasteiger partial charge in [-0.15, -0.1) is 0 Å². The highest BCUT2D eigenvalue weighted by molar-refractivity contribution is 5.94. The first kappa shape index (κ1) is 15.2. The lowest BCUT2D eigenvalue weighted by molar-refractivity contribution is -0.205. The molecule has 5 N–H and O–H groups in total. The van der Waals surface area contributed by atoms with Gasteiger partial charge >= 0.3 is 18.2 Å². The topological polar surface area (TPSA) is 122 Å². The summed E-state index contributed by atoms with van der Waals surface area (Å²) in [6.07, 6.45) is -5.11. The lowest BCUT2D eigenvalue weighted by Crippen LogP contribution is -2.62. The van der Waals surface area contributed by atoms with Crippen molar-refractivity contribution in [2.45, 2.75) is 18.6 Å². The lowest BCUT2D eigenvalue weighted by Gasteiger charge is -2.28. The van der Waals surface area contributed by atoms with Gasteiger partial charge in [0.05, 0.1) is 6.54 Å². The molecule has 0 aromatic rings. The Kier molecular flexibility index (Phi) is 4.45. The first-order chi connectivity index (χ1) is 7.50. The molecule has 0 bridgehead atoms. The van der Waals surface area contributed by atoms with E-state index >= 15 is 0 Å². The van der Waals surface area contributed by atoms with Crippen molar-refractivity contribution in [3.63, 3.8) is 0 Å². The number of halogens is 3. The molecule has 1 atom stereocenters. The molecule has 3 amide bonds. The maximum Gasteiger partial charge on any atom is 0.417 e. The molecular formula is C7H10F3N3O4. The Bertz CT molecular complexity index is 344. The van der Waals surface area contributed by atoms with Crippen molar-refractivity contribution in [2.75, 3.05) is 6.54 Å². The van der Waals surface area contributed by atoms with Crippen LogP contribution in [0.4, 0.5) is 18.0 Å². The monoisotopic (exact) mass is 257 g/mol. The van der Waals surface area contributed by atoms with Gasteiger partial charge in [-0.2, -0.15) is 13.2 Å². The van der Waals surface area contributed by atoms with E-state index in [1.807, 2.05) is 0 Å². The second-order valence-corrected chi connectivity index (χ2v) is 3.19. The standard InChI is InChI=1S/C7H10F3N3O4/c1-6(4(15)16,7(8,9)10)12-2-3(14)13-5(11)17/h12H,2H2,1H3,(H,15,16)(H3,11,13,14,17). The Balaban J connectivity index is 4.66. The third kappa shape index (κ3) is 3.90. The number of primary amides is 1. The van der Waals surface area contributed by atoms with E-state index < -0.39 is 36.2 Å². The maximum absolute atomic E-state index is 12.4. The Labute approximate surface area is 93.1 Å². The number of carboxylic acids is 1. The summed E-state index contributed by atoms with van der Waals surface area (Å²) < 4.78 is 37.2. The van der Waals surface area contributed by atoms with Crippen molar-refractivity contribution >= 4 is 17.9 Å². The second-order valence-electron chi connectivity index (χ2n) is 3.19. The number of carbonyl (C=O) groups excluding carboxylic acids is 2. The number of imide groups is 1. The SMILES string of the molecule is CC(NCC(=O)NC(N)=O)(C(=O)O)C(F)(F)F. The molecule has 1 unspecified atom stereocenters. The first-order valence-corrected chi connectivity index (χ1v) is 4.15. The van der Waals surface area contributed by atoms with Gasteiger partial charge < -0.3 is 10.8 Å². The number of aliphatic carboxylic acids is 1. The molecule has 0 aliphatic rings. The number of carbonyl (C=O) groups is 3. The molecule has 0 aromatic heterocycles. The van der Waals surface area contributed by atoms with Crippen LogP contribution in [0.1, 0.15) is 6.92 Å². The predicted molar refractivity (Wildman–Crippen MR) is 47.8 cm³/mol. The van der Waals surface area contributed by atoms with Gasteiger partial charge in [-0.3, -0.25) is 15.4 Å². The van der Waals surface area contributed by atoms with Crippen molar-refractivity contribution in [1.82, 2.24) is 10.6 Å². The quantitative estimate of drug-likeness (QED) is 0.524. The summed E-state index contributed by atoms with van der Waals surface area (Å²) >= 11 is 0. The zero-order valence-corrected chi connectivity index (χ0v) is 8.59. The van der Waals surface area contributed by atoms with Crippen LogP contribution in [0.15, 0.2) is 0 Å². The second kappa shape index (κ2) is 4.99. The van der Waals surface area contributed by atoms with Crippen molar-refractivity contribution < 1.29 is 32.7 Å². The molecule has 0 heterocycles. The van der Waals surface area contributed by atoms with E-state index in [-0.39, 0.29) is 0 Å². The lowest BCUT2D eigenvalue weighted by atomic mass is 10.0. The van der Waals surface area contributed by atoms with Gasteiger partial charge in [0.15, 0.2) is 0 Å². The summed E-state index contributed by atoms with van der Waals surface area (Å²) in [7, 11) is 0. The summed E-state index contributed by atoms with van der Waals surface area (Å²) in [5.41, 5.74) is 1.25. The van der Waals surface area contributed by atoms with Crippen LogP contribution in [0.3, 0.4) is 0 Å². The highest BCUT2D eigenvalue weighted by atomic mass is 19.4. The van der Waals surface area contributed by atoms with Gasteiger partial charge in [-0.25, -0.2) is 9.59 Å². The molecule has 0 aliphatic heterocycles. The number of hydrogen-bond donors (Lipinski definition) is 4. The average molecular weight is 257 g/mol. The Morgan fingerprint density at radius 2 is 1.76 bits per heavy atom. The molecule has 0 fully saturated rings. The van der Waals surface area contributed by atoms with Crippen LogP contribution in [0.2, 0.25) is 0 Å².